The Kier molecular flexibility index (Phi) is 3.65. The first-order chi connectivity index (χ1) is 7.23. The minimum Gasteiger partial charge on any atom is -0.469 e. The van der Waals surface area contributed by atoms with Crippen molar-refractivity contribution >= 4 is 5.97 Å². The summed E-state index contributed by atoms with van der Waals surface area (Å²) in [6, 6.07) is 0.440. The second kappa shape index (κ2) is 4.34. The molecule has 0 aromatic heterocycles. The normalized spacial score (nSPS) is 34.0. The van der Waals surface area contributed by atoms with Crippen molar-refractivity contribution in [2.75, 3.05) is 14.2 Å². The third-order valence-corrected chi connectivity index (χ3v) is 4.04. The van der Waals surface area contributed by atoms with Crippen LogP contribution in [0.4, 0.5) is 0 Å². The monoisotopic (exact) mass is 228 g/mol. The van der Waals surface area contributed by atoms with Gasteiger partial charge >= 0.3 is 5.97 Å². The molecule has 0 spiro atoms. The van der Waals surface area contributed by atoms with Gasteiger partial charge in [0.2, 0.25) is 0 Å². The molecule has 1 heterocycles. The van der Waals surface area contributed by atoms with E-state index in [-0.39, 0.29) is 17.2 Å². The minimum absolute atomic E-state index is 0.0691. The van der Waals surface area contributed by atoms with Gasteiger partial charge in [-0.15, -0.1) is 0 Å². The molecule has 0 aromatic carbocycles. The van der Waals surface area contributed by atoms with Crippen LogP contribution in [0.3, 0.4) is 0 Å². The van der Waals surface area contributed by atoms with Crippen molar-refractivity contribution in [1.82, 2.24) is 10.2 Å². The summed E-state index contributed by atoms with van der Waals surface area (Å²) in [5.74, 6) is -0.145. The van der Waals surface area contributed by atoms with Crippen molar-refractivity contribution < 1.29 is 9.53 Å². The highest BCUT2D eigenvalue weighted by Gasteiger charge is 2.48. The van der Waals surface area contributed by atoms with Crippen molar-refractivity contribution in [3.8, 4) is 0 Å². The lowest BCUT2D eigenvalue weighted by Crippen LogP contribution is -2.50. The molecule has 2 atom stereocenters. The van der Waals surface area contributed by atoms with E-state index in [1.165, 1.54) is 7.11 Å². The average Bonchev–Trinajstić information content (AvgIpc) is 2.36. The number of carbonyl (C=O) groups is 1. The smallest absolute Gasteiger partial charge is 0.305 e. The molecular formula is C12H24N2O2. The third kappa shape index (κ3) is 2.38. The summed E-state index contributed by atoms with van der Waals surface area (Å²) in [4.78, 5) is 13.5. The molecule has 1 fully saturated rings. The molecule has 1 aliphatic heterocycles. The summed E-state index contributed by atoms with van der Waals surface area (Å²) in [5, 5.41) is 3.60. The largest absolute Gasteiger partial charge is 0.469 e. The topological polar surface area (TPSA) is 41.6 Å². The van der Waals surface area contributed by atoms with Crippen LogP contribution in [0.2, 0.25) is 0 Å². The van der Waals surface area contributed by atoms with E-state index >= 15 is 0 Å². The maximum atomic E-state index is 11.2. The Labute approximate surface area is 98.3 Å². The number of carbonyl (C=O) groups excluding carboxylic acids is 1. The Morgan fingerprint density at radius 1 is 1.44 bits per heavy atom. The second-order valence-corrected chi connectivity index (χ2v) is 5.48. The number of hydrogen-bond donors (Lipinski definition) is 1. The van der Waals surface area contributed by atoms with Crippen LogP contribution >= 0.6 is 0 Å². The zero-order chi connectivity index (χ0) is 12.6. The highest BCUT2D eigenvalue weighted by Crippen LogP contribution is 2.33. The molecule has 0 aliphatic carbocycles. The molecule has 1 rings (SSSR count). The van der Waals surface area contributed by atoms with Crippen LogP contribution < -0.4 is 5.32 Å². The predicted octanol–water partition coefficient (Wildman–Crippen LogP) is 1.36. The van der Waals surface area contributed by atoms with Gasteiger partial charge in [0.05, 0.1) is 12.8 Å². The molecule has 94 valence electrons. The fraction of sp³-hybridized carbons (Fsp3) is 0.917. The van der Waals surface area contributed by atoms with Gasteiger partial charge in [0.15, 0.2) is 0 Å². The summed E-state index contributed by atoms with van der Waals surface area (Å²) < 4.78 is 4.68. The summed E-state index contributed by atoms with van der Waals surface area (Å²) in [7, 11) is 3.53. The van der Waals surface area contributed by atoms with Gasteiger partial charge in [-0.2, -0.15) is 0 Å². The number of nitrogens with zero attached hydrogens (tertiary/aromatic N) is 1. The minimum atomic E-state index is -0.145. The third-order valence-electron chi connectivity index (χ3n) is 4.04. The zero-order valence-corrected chi connectivity index (χ0v) is 11.3. The number of nitrogens with one attached hydrogen (secondary N) is 1. The summed E-state index contributed by atoms with van der Waals surface area (Å²) in [6.07, 6.45) is 1.22. The zero-order valence-electron chi connectivity index (χ0n) is 11.3. The molecule has 1 aliphatic rings. The molecule has 1 saturated heterocycles. The van der Waals surface area contributed by atoms with E-state index in [0.29, 0.717) is 12.5 Å². The Morgan fingerprint density at radius 3 is 2.38 bits per heavy atom. The highest BCUT2D eigenvalue weighted by molar-refractivity contribution is 5.69. The number of methoxy groups -OCH3 is 1. The number of likely N-dealkylation sites (N-methyl/N-ethyl adjacent to an activating group) is 1. The van der Waals surface area contributed by atoms with Gasteiger partial charge in [-0.1, -0.05) is 0 Å². The van der Waals surface area contributed by atoms with Gasteiger partial charge in [0, 0.05) is 18.0 Å². The van der Waals surface area contributed by atoms with E-state index in [9.17, 15) is 4.79 Å². The first kappa shape index (κ1) is 13.5. The van der Waals surface area contributed by atoms with Crippen LogP contribution in [0.25, 0.3) is 0 Å². The fourth-order valence-corrected chi connectivity index (χ4v) is 2.48. The molecule has 0 bridgehead atoms. The summed E-state index contributed by atoms with van der Waals surface area (Å²) >= 11 is 0. The van der Waals surface area contributed by atoms with Gasteiger partial charge in [-0.25, -0.2) is 0 Å². The molecule has 4 nitrogen and oxygen atoms in total. The van der Waals surface area contributed by atoms with Crippen molar-refractivity contribution in [1.29, 1.82) is 0 Å². The van der Waals surface area contributed by atoms with Crippen LogP contribution in [0.15, 0.2) is 0 Å². The molecule has 0 amide bonds. The van der Waals surface area contributed by atoms with Crippen molar-refractivity contribution in [3.05, 3.63) is 0 Å². The van der Waals surface area contributed by atoms with E-state index in [0.717, 1.165) is 6.42 Å². The quantitative estimate of drug-likeness (QED) is 0.741. The van der Waals surface area contributed by atoms with Crippen molar-refractivity contribution in [2.45, 2.75) is 57.8 Å². The molecule has 0 radical (unpaired) electrons. The van der Waals surface area contributed by atoms with Crippen LogP contribution in [0.1, 0.15) is 40.5 Å². The number of ether oxygens (including phenoxy) is 1. The maximum Gasteiger partial charge on any atom is 0.305 e. The van der Waals surface area contributed by atoms with E-state index < -0.39 is 0 Å². The van der Waals surface area contributed by atoms with Gasteiger partial charge in [0.25, 0.3) is 0 Å². The lowest BCUT2D eigenvalue weighted by molar-refractivity contribution is -0.141. The Hall–Kier alpha value is -0.610. The molecule has 2 unspecified atom stereocenters. The number of esters is 1. The molecule has 0 saturated carbocycles. The maximum absolute atomic E-state index is 11.2. The van der Waals surface area contributed by atoms with Crippen molar-refractivity contribution in [3.63, 3.8) is 0 Å². The van der Waals surface area contributed by atoms with Gasteiger partial charge in [0.1, 0.15) is 0 Å². The summed E-state index contributed by atoms with van der Waals surface area (Å²) in [6.45, 7) is 8.73. The Bertz CT molecular complexity index is 278. The van der Waals surface area contributed by atoms with E-state index in [1.54, 1.807) is 0 Å². The molecule has 1 N–H and O–H groups in total. The van der Waals surface area contributed by atoms with E-state index in [1.807, 2.05) is 0 Å². The number of rotatable bonds is 3. The fourth-order valence-electron chi connectivity index (χ4n) is 2.48. The molecular weight excluding hydrogens is 204 g/mol. The Balaban J connectivity index is 2.68. The lowest BCUT2D eigenvalue weighted by Gasteiger charge is -2.33. The first-order valence-electron chi connectivity index (χ1n) is 5.82. The molecule has 4 heteroatoms. The standard InChI is InChI=1S/C12H24N2O2/c1-9-11(2,3)13-12(4,14(9)5)8-7-10(15)16-6/h9,13H,7-8H2,1-6H3. The predicted molar refractivity (Wildman–Crippen MR) is 64.1 cm³/mol. The Morgan fingerprint density at radius 2 is 2.00 bits per heavy atom. The average molecular weight is 228 g/mol. The summed E-state index contributed by atoms with van der Waals surface area (Å²) in [5.41, 5.74) is -0.0588. The SMILES string of the molecule is COC(=O)CCC1(C)NC(C)(C)C(C)N1C. The molecule has 0 aromatic rings. The van der Waals surface area contributed by atoms with Crippen LogP contribution in [-0.4, -0.2) is 42.3 Å². The van der Waals surface area contributed by atoms with Crippen LogP contribution in [0.5, 0.6) is 0 Å². The lowest BCUT2D eigenvalue weighted by atomic mass is 9.98. The van der Waals surface area contributed by atoms with Gasteiger partial charge in [-0.3, -0.25) is 15.0 Å². The second-order valence-electron chi connectivity index (χ2n) is 5.48. The first-order valence-corrected chi connectivity index (χ1v) is 5.82. The molecule has 16 heavy (non-hydrogen) atoms. The number of hydrogen-bond acceptors (Lipinski definition) is 4. The van der Waals surface area contributed by atoms with Crippen LogP contribution in [-0.2, 0) is 9.53 Å². The highest BCUT2D eigenvalue weighted by atomic mass is 16.5. The van der Waals surface area contributed by atoms with Gasteiger partial charge in [-0.05, 0) is 41.2 Å². The van der Waals surface area contributed by atoms with Gasteiger partial charge < -0.3 is 4.74 Å². The van der Waals surface area contributed by atoms with Crippen molar-refractivity contribution in [2.24, 2.45) is 0 Å². The van der Waals surface area contributed by atoms with E-state index in [4.69, 9.17) is 0 Å². The van der Waals surface area contributed by atoms with E-state index in [2.05, 4.69) is 49.7 Å². The van der Waals surface area contributed by atoms with Crippen LogP contribution in [0, 0.1) is 0 Å².